The van der Waals surface area contributed by atoms with Gasteiger partial charge in [0, 0.05) is 11.5 Å². The number of fused-ring (bicyclic) bond motifs is 3. The molecule has 7 heteroatoms. The van der Waals surface area contributed by atoms with Crippen molar-refractivity contribution in [2.45, 2.75) is 52.1 Å². The van der Waals surface area contributed by atoms with Crippen molar-refractivity contribution in [3.63, 3.8) is 0 Å². The van der Waals surface area contributed by atoms with Gasteiger partial charge in [-0.1, -0.05) is 62.4 Å². The summed E-state index contributed by atoms with van der Waals surface area (Å²) < 4.78 is 5.58. The molecule has 0 fully saturated rings. The zero-order valence-electron chi connectivity index (χ0n) is 19.8. The summed E-state index contributed by atoms with van der Waals surface area (Å²) >= 11 is 0. The van der Waals surface area contributed by atoms with E-state index in [9.17, 15) is 19.5 Å². The highest BCUT2D eigenvalue weighted by Crippen LogP contribution is 2.44. The molecule has 0 aromatic heterocycles. The smallest absolute Gasteiger partial charge is 0.407 e. The van der Waals surface area contributed by atoms with E-state index in [2.05, 4.69) is 17.4 Å². The van der Waals surface area contributed by atoms with Gasteiger partial charge in [-0.2, -0.15) is 0 Å². The Kier molecular flexibility index (Phi) is 7.10. The number of carboxylic acid groups (broad SMARTS) is 1. The molecule has 0 radical (unpaired) electrons. The zero-order valence-corrected chi connectivity index (χ0v) is 19.8. The Morgan fingerprint density at radius 1 is 1.00 bits per heavy atom. The maximum atomic E-state index is 13.2. The zero-order chi connectivity index (χ0) is 24.3. The van der Waals surface area contributed by atoms with Gasteiger partial charge in [-0.05, 0) is 48.9 Å². The lowest BCUT2D eigenvalue weighted by Crippen LogP contribution is -2.57. The summed E-state index contributed by atoms with van der Waals surface area (Å²) in [6.07, 6.45) is -0.701. The van der Waals surface area contributed by atoms with Gasteiger partial charge in [0.2, 0.25) is 5.91 Å². The molecule has 0 unspecified atom stereocenters. The third-order valence-electron chi connectivity index (χ3n) is 5.92. The largest absolute Gasteiger partial charge is 0.480 e. The van der Waals surface area contributed by atoms with E-state index in [-0.39, 0.29) is 18.4 Å². The molecule has 0 heterocycles. The van der Waals surface area contributed by atoms with Crippen molar-refractivity contribution in [1.29, 1.82) is 0 Å². The summed E-state index contributed by atoms with van der Waals surface area (Å²) in [5.74, 6) is -1.90. The van der Waals surface area contributed by atoms with Crippen LogP contribution in [0.4, 0.5) is 4.79 Å². The van der Waals surface area contributed by atoms with Gasteiger partial charge in [0.25, 0.3) is 0 Å². The van der Waals surface area contributed by atoms with Crippen LogP contribution in [0.5, 0.6) is 0 Å². The fourth-order valence-electron chi connectivity index (χ4n) is 4.23. The van der Waals surface area contributed by atoms with Gasteiger partial charge in [-0.3, -0.25) is 9.59 Å². The van der Waals surface area contributed by atoms with Crippen LogP contribution in [0.2, 0.25) is 0 Å². The van der Waals surface area contributed by atoms with Crippen molar-refractivity contribution in [2.75, 3.05) is 13.2 Å². The molecule has 176 valence electrons. The summed E-state index contributed by atoms with van der Waals surface area (Å²) in [5.41, 5.74) is 3.75. The summed E-state index contributed by atoms with van der Waals surface area (Å²) in [6, 6.07) is 15.2. The Balaban J connectivity index is 1.72. The second kappa shape index (κ2) is 9.65. The van der Waals surface area contributed by atoms with Gasteiger partial charge in [-0.15, -0.1) is 0 Å². The maximum Gasteiger partial charge on any atom is 0.407 e. The molecular formula is C26H32N2O5. The SMILES string of the molecule is CC(C)[C@H](NC(=O)OCC1c2ccccc2-c2ccccc21)C(=O)N(CC(=O)O)C(C)(C)C. The molecule has 1 aliphatic carbocycles. The number of nitrogens with one attached hydrogen (secondary N) is 1. The summed E-state index contributed by atoms with van der Waals surface area (Å²) in [7, 11) is 0. The molecule has 0 bridgehead atoms. The van der Waals surface area contributed by atoms with Crippen molar-refractivity contribution in [3.05, 3.63) is 59.7 Å². The van der Waals surface area contributed by atoms with E-state index in [0.29, 0.717) is 0 Å². The number of nitrogens with zero attached hydrogens (tertiary/aromatic N) is 1. The molecule has 33 heavy (non-hydrogen) atoms. The Bertz CT molecular complexity index is 995. The minimum absolute atomic E-state index is 0.0885. The van der Waals surface area contributed by atoms with Gasteiger partial charge < -0.3 is 20.1 Å². The summed E-state index contributed by atoms with van der Waals surface area (Å²) in [6.45, 7) is 8.58. The average molecular weight is 453 g/mol. The van der Waals surface area contributed by atoms with E-state index in [0.717, 1.165) is 22.3 Å². The van der Waals surface area contributed by atoms with Crippen LogP contribution in [-0.2, 0) is 14.3 Å². The number of hydrogen-bond donors (Lipinski definition) is 2. The molecule has 2 aromatic rings. The molecule has 3 rings (SSSR count). The highest BCUT2D eigenvalue weighted by Gasteiger charge is 2.36. The van der Waals surface area contributed by atoms with Crippen molar-refractivity contribution < 1.29 is 24.2 Å². The van der Waals surface area contributed by atoms with Crippen LogP contribution in [0, 0.1) is 5.92 Å². The number of hydrogen-bond acceptors (Lipinski definition) is 4. The number of alkyl carbamates (subject to hydrolysis) is 1. The molecule has 2 aromatic carbocycles. The first-order valence-electron chi connectivity index (χ1n) is 11.2. The fraction of sp³-hybridized carbons (Fsp3) is 0.423. The predicted molar refractivity (Wildman–Crippen MR) is 126 cm³/mol. The molecule has 2 amide bonds. The number of rotatable bonds is 7. The predicted octanol–water partition coefficient (Wildman–Crippen LogP) is 4.26. The molecule has 0 aliphatic heterocycles. The maximum absolute atomic E-state index is 13.2. The normalized spacial score (nSPS) is 13.8. The van der Waals surface area contributed by atoms with E-state index < -0.39 is 36.1 Å². The van der Waals surface area contributed by atoms with Crippen molar-refractivity contribution in [1.82, 2.24) is 10.2 Å². The molecule has 0 saturated carbocycles. The number of ether oxygens (including phenoxy) is 1. The van der Waals surface area contributed by atoms with Gasteiger partial charge in [0.05, 0.1) is 0 Å². The van der Waals surface area contributed by atoms with Crippen LogP contribution in [-0.4, -0.2) is 52.7 Å². The first kappa shape index (κ1) is 24.3. The van der Waals surface area contributed by atoms with Crippen LogP contribution in [0.25, 0.3) is 11.1 Å². The van der Waals surface area contributed by atoms with Crippen LogP contribution in [0.15, 0.2) is 48.5 Å². The quantitative estimate of drug-likeness (QED) is 0.654. The monoisotopic (exact) mass is 452 g/mol. The molecule has 2 N–H and O–H groups in total. The number of carbonyl (C=O) groups is 3. The lowest BCUT2D eigenvalue weighted by molar-refractivity contribution is -0.149. The van der Waals surface area contributed by atoms with Gasteiger partial charge in [0.1, 0.15) is 19.2 Å². The van der Waals surface area contributed by atoms with Gasteiger partial charge in [-0.25, -0.2) is 4.79 Å². The Labute approximate surface area is 194 Å². The van der Waals surface area contributed by atoms with E-state index in [4.69, 9.17) is 4.74 Å². The second-order valence-electron chi connectivity index (χ2n) is 9.68. The Morgan fingerprint density at radius 2 is 1.52 bits per heavy atom. The highest BCUT2D eigenvalue weighted by atomic mass is 16.5. The van der Waals surface area contributed by atoms with Crippen molar-refractivity contribution >= 4 is 18.0 Å². The number of carbonyl (C=O) groups excluding carboxylic acids is 2. The minimum Gasteiger partial charge on any atom is -0.480 e. The first-order chi connectivity index (χ1) is 15.5. The van der Waals surface area contributed by atoms with E-state index in [1.165, 1.54) is 4.90 Å². The Morgan fingerprint density at radius 3 is 1.97 bits per heavy atom. The van der Waals surface area contributed by atoms with E-state index in [1.807, 2.05) is 36.4 Å². The second-order valence-corrected chi connectivity index (χ2v) is 9.68. The van der Waals surface area contributed by atoms with Crippen LogP contribution >= 0.6 is 0 Å². The minimum atomic E-state index is -1.11. The fourth-order valence-corrected chi connectivity index (χ4v) is 4.23. The summed E-state index contributed by atoms with van der Waals surface area (Å²) in [4.78, 5) is 38.5. The van der Waals surface area contributed by atoms with Crippen LogP contribution in [0.1, 0.15) is 51.7 Å². The standard InChI is InChI=1S/C26H32N2O5/c1-16(2)23(24(31)28(14-22(29)30)26(3,4)5)27-25(32)33-15-21-19-12-8-6-10-17(19)18-11-7-9-13-20(18)21/h6-13,16,21,23H,14-15H2,1-5H3,(H,27,32)(H,29,30)/t23-/m0/s1. The van der Waals surface area contributed by atoms with Crippen LogP contribution < -0.4 is 5.32 Å². The molecular weight excluding hydrogens is 420 g/mol. The lowest BCUT2D eigenvalue weighted by Gasteiger charge is -2.37. The van der Waals surface area contributed by atoms with Gasteiger partial charge in [0.15, 0.2) is 0 Å². The molecule has 1 atom stereocenters. The first-order valence-corrected chi connectivity index (χ1v) is 11.2. The van der Waals surface area contributed by atoms with E-state index in [1.54, 1.807) is 34.6 Å². The van der Waals surface area contributed by atoms with Crippen molar-refractivity contribution in [2.24, 2.45) is 5.92 Å². The van der Waals surface area contributed by atoms with E-state index >= 15 is 0 Å². The average Bonchev–Trinajstić information content (AvgIpc) is 3.06. The van der Waals surface area contributed by atoms with Crippen molar-refractivity contribution in [3.8, 4) is 11.1 Å². The third kappa shape index (κ3) is 5.35. The number of carboxylic acids is 1. The third-order valence-corrected chi connectivity index (χ3v) is 5.92. The number of benzene rings is 2. The number of aliphatic carboxylic acids is 1. The molecule has 0 spiro atoms. The molecule has 0 saturated heterocycles. The highest BCUT2D eigenvalue weighted by molar-refractivity contribution is 5.89. The summed E-state index contributed by atoms with van der Waals surface area (Å²) in [5, 5.41) is 11.9. The lowest BCUT2D eigenvalue weighted by atomic mass is 9.98. The van der Waals surface area contributed by atoms with Gasteiger partial charge >= 0.3 is 12.1 Å². The molecule has 7 nitrogen and oxygen atoms in total. The number of amides is 2. The Hall–Kier alpha value is -3.35. The molecule has 1 aliphatic rings. The van der Waals surface area contributed by atoms with Crippen LogP contribution in [0.3, 0.4) is 0 Å². The topological polar surface area (TPSA) is 95.9 Å².